The molecule has 1 heterocycles. The van der Waals surface area contributed by atoms with Crippen LogP contribution in [0.3, 0.4) is 0 Å². The molecule has 164 valence electrons. The van der Waals surface area contributed by atoms with Crippen LogP contribution in [0.2, 0.25) is 25.7 Å². The van der Waals surface area contributed by atoms with E-state index in [1.54, 1.807) is 7.11 Å². The quantitative estimate of drug-likeness (QED) is 0.252. The molecule has 1 atom stereocenters. The predicted octanol–water partition coefficient (Wildman–Crippen LogP) is 6.23. The molecule has 3 aromatic carbocycles. The van der Waals surface area contributed by atoms with Crippen molar-refractivity contribution < 1.29 is 4.74 Å². The van der Waals surface area contributed by atoms with Gasteiger partial charge >= 0.3 is 0 Å². The van der Waals surface area contributed by atoms with E-state index < -0.39 is 13.6 Å². The molecular formula is C26H30N4OSi. The van der Waals surface area contributed by atoms with Gasteiger partial charge in [-0.15, -0.1) is 5.10 Å². The first-order chi connectivity index (χ1) is 15.3. The second kappa shape index (κ2) is 8.71. The van der Waals surface area contributed by atoms with E-state index in [9.17, 15) is 0 Å². The zero-order valence-corrected chi connectivity index (χ0v) is 20.4. The average Bonchev–Trinajstić information content (AvgIpc) is 3.21. The van der Waals surface area contributed by atoms with Crippen LogP contribution in [0.5, 0.6) is 5.75 Å². The van der Waals surface area contributed by atoms with E-state index in [0.29, 0.717) is 0 Å². The Hall–Kier alpha value is -3.25. The number of para-hydroxylation sites is 1. The highest BCUT2D eigenvalue weighted by Gasteiger charge is 2.39. The lowest BCUT2D eigenvalue weighted by Crippen LogP contribution is -2.44. The fourth-order valence-corrected chi connectivity index (χ4v) is 6.20. The fourth-order valence-electron chi connectivity index (χ4n) is 4.14. The van der Waals surface area contributed by atoms with Crippen molar-refractivity contribution in [2.24, 2.45) is 4.99 Å². The number of benzene rings is 3. The third-order valence-electron chi connectivity index (χ3n) is 5.58. The lowest BCUT2D eigenvalue weighted by atomic mass is 9.91. The molecule has 0 aliphatic carbocycles. The summed E-state index contributed by atoms with van der Waals surface area (Å²) in [5.74, 6) is 0.818. The van der Waals surface area contributed by atoms with E-state index in [1.807, 2.05) is 42.5 Å². The van der Waals surface area contributed by atoms with E-state index in [0.717, 1.165) is 28.5 Å². The standard InChI is InChI=1S/C26H30N4OSi/c1-20-10-12-21(13-11-20)26(19-32(3,4)5,18-27-22-14-16-23(31-2)17-15-22)30-25-9-7-6-8-24(25)28-29-30/h6-18H,19H2,1-5H3. The number of hydrogen-bond acceptors (Lipinski definition) is 4. The minimum atomic E-state index is -1.59. The van der Waals surface area contributed by atoms with Crippen LogP contribution in [-0.2, 0) is 5.54 Å². The minimum Gasteiger partial charge on any atom is -0.497 e. The van der Waals surface area contributed by atoms with Crippen molar-refractivity contribution in [2.75, 3.05) is 7.11 Å². The predicted molar refractivity (Wildman–Crippen MR) is 135 cm³/mol. The van der Waals surface area contributed by atoms with Gasteiger partial charge in [0.2, 0.25) is 0 Å². The molecule has 4 aromatic rings. The van der Waals surface area contributed by atoms with Gasteiger partial charge in [0.15, 0.2) is 0 Å². The number of nitrogens with zero attached hydrogens (tertiary/aromatic N) is 4. The molecule has 6 heteroatoms. The van der Waals surface area contributed by atoms with Crippen molar-refractivity contribution in [2.45, 2.75) is 38.1 Å². The molecule has 1 aromatic heterocycles. The summed E-state index contributed by atoms with van der Waals surface area (Å²) in [6, 6.07) is 25.6. The van der Waals surface area contributed by atoms with E-state index in [2.05, 4.69) is 78.1 Å². The molecular weight excluding hydrogens is 412 g/mol. The lowest BCUT2D eigenvalue weighted by Gasteiger charge is -2.36. The Morgan fingerprint density at radius 1 is 0.969 bits per heavy atom. The number of aryl methyl sites for hydroxylation is 1. The Kier molecular flexibility index (Phi) is 5.97. The van der Waals surface area contributed by atoms with E-state index in [1.165, 1.54) is 11.1 Å². The van der Waals surface area contributed by atoms with Gasteiger partial charge in [0.25, 0.3) is 0 Å². The average molecular weight is 443 g/mol. The molecule has 0 bridgehead atoms. The van der Waals surface area contributed by atoms with Gasteiger partial charge in [0, 0.05) is 14.3 Å². The number of fused-ring (bicyclic) bond motifs is 1. The van der Waals surface area contributed by atoms with Gasteiger partial charge < -0.3 is 4.74 Å². The van der Waals surface area contributed by atoms with Crippen LogP contribution >= 0.6 is 0 Å². The third kappa shape index (κ3) is 4.50. The van der Waals surface area contributed by atoms with Crippen molar-refractivity contribution >= 4 is 31.0 Å². The van der Waals surface area contributed by atoms with Gasteiger partial charge in [0.05, 0.1) is 18.3 Å². The Morgan fingerprint density at radius 3 is 2.31 bits per heavy atom. The van der Waals surface area contributed by atoms with Gasteiger partial charge in [0.1, 0.15) is 16.8 Å². The molecule has 0 spiro atoms. The molecule has 0 saturated carbocycles. The number of methoxy groups -OCH3 is 1. The van der Waals surface area contributed by atoms with Crippen LogP contribution in [0.25, 0.3) is 11.0 Å². The highest BCUT2D eigenvalue weighted by molar-refractivity contribution is 6.76. The molecule has 0 amide bonds. The van der Waals surface area contributed by atoms with E-state index in [-0.39, 0.29) is 0 Å². The molecule has 0 fully saturated rings. The van der Waals surface area contributed by atoms with Crippen LogP contribution in [0.15, 0.2) is 77.8 Å². The Labute approximate surface area is 190 Å². The summed E-state index contributed by atoms with van der Waals surface area (Å²) in [6.07, 6.45) is 2.07. The van der Waals surface area contributed by atoms with Crippen LogP contribution < -0.4 is 4.74 Å². The summed E-state index contributed by atoms with van der Waals surface area (Å²) in [7, 11) is 0.0858. The summed E-state index contributed by atoms with van der Waals surface area (Å²) in [5.41, 5.74) is 4.62. The van der Waals surface area contributed by atoms with Crippen LogP contribution in [0, 0.1) is 6.92 Å². The van der Waals surface area contributed by atoms with E-state index in [4.69, 9.17) is 9.73 Å². The van der Waals surface area contributed by atoms with Crippen molar-refractivity contribution in [3.05, 3.63) is 83.9 Å². The highest BCUT2D eigenvalue weighted by atomic mass is 28.3. The Morgan fingerprint density at radius 2 is 1.66 bits per heavy atom. The molecule has 0 saturated heterocycles. The Balaban J connectivity index is 1.95. The van der Waals surface area contributed by atoms with Crippen molar-refractivity contribution in [3.63, 3.8) is 0 Å². The molecule has 4 rings (SSSR count). The normalized spacial score (nSPS) is 14.0. The molecule has 0 aliphatic heterocycles. The maximum atomic E-state index is 5.30. The highest BCUT2D eigenvalue weighted by Crippen LogP contribution is 2.36. The monoisotopic (exact) mass is 442 g/mol. The number of aliphatic imine (C=N–C) groups is 1. The smallest absolute Gasteiger partial charge is 0.123 e. The van der Waals surface area contributed by atoms with Gasteiger partial charge in [-0.25, -0.2) is 4.68 Å². The minimum absolute atomic E-state index is 0.547. The number of hydrogen-bond donors (Lipinski definition) is 0. The maximum Gasteiger partial charge on any atom is 0.123 e. The molecule has 1 unspecified atom stereocenters. The maximum absolute atomic E-state index is 5.30. The topological polar surface area (TPSA) is 52.3 Å². The molecule has 32 heavy (non-hydrogen) atoms. The molecule has 0 aliphatic rings. The molecule has 0 N–H and O–H groups in total. The zero-order chi connectivity index (χ0) is 22.8. The lowest BCUT2D eigenvalue weighted by molar-refractivity contribution is 0.415. The molecule has 0 radical (unpaired) electrons. The number of rotatable bonds is 7. The third-order valence-corrected chi connectivity index (χ3v) is 7.18. The van der Waals surface area contributed by atoms with E-state index >= 15 is 0 Å². The molecule has 5 nitrogen and oxygen atoms in total. The first-order valence-corrected chi connectivity index (χ1v) is 14.6. The first-order valence-electron chi connectivity index (χ1n) is 10.9. The van der Waals surface area contributed by atoms with Crippen LogP contribution in [0.4, 0.5) is 5.69 Å². The summed E-state index contributed by atoms with van der Waals surface area (Å²) < 4.78 is 7.37. The second-order valence-corrected chi connectivity index (χ2v) is 14.9. The fraction of sp³-hybridized carbons (Fsp3) is 0.269. The van der Waals surface area contributed by atoms with Crippen molar-refractivity contribution in [1.29, 1.82) is 0 Å². The van der Waals surface area contributed by atoms with Gasteiger partial charge in [-0.2, -0.15) is 0 Å². The summed E-state index contributed by atoms with van der Waals surface area (Å²) in [4.78, 5) is 4.95. The Bertz CT molecular complexity index is 1220. The SMILES string of the molecule is COc1ccc(N=CC(C[Si](C)(C)C)(c2ccc(C)cc2)n2nnc3ccccc32)cc1. The van der Waals surface area contributed by atoms with Gasteiger partial charge in [-0.05, 0) is 54.9 Å². The summed E-state index contributed by atoms with van der Waals surface area (Å²) >= 11 is 0. The van der Waals surface area contributed by atoms with Crippen molar-refractivity contribution in [3.8, 4) is 5.75 Å². The summed E-state index contributed by atoms with van der Waals surface area (Å²) in [6.45, 7) is 9.27. The van der Waals surface area contributed by atoms with Gasteiger partial charge in [-0.1, -0.05) is 66.8 Å². The van der Waals surface area contributed by atoms with Crippen molar-refractivity contribution in [1.82, 2.24) is 15.0 Å². The number of ether oxygens (including phenoxy) is 1. The van der Waals surface area contributed by atoms with Crippen LogP contribution in [0.1, 0.15) is 11.1 Å². The zero-order valence-electron chi connectivity index (χ0n) is 19.4. The first kappa shape index (κ1) is 22.0. The summed E-state index contributed by atoms with van der Waals surface area (Å²) in [5, 5.41) is 9.15. The van der Waals surface area contributed by atoms with Crippen LogP contribution in [-0.4, -0.2) is 36.4 Å². The number of aromatic nitrogens is 3. The van der Waals surface area contributed by atoms with Gasteiger partial charge in [-0.3, -0.25) is 4.99 Å². The largest absolute Gasteiger partial charge is 0.497 e. The second-order valence-electron chi connectivity index (χ2n) is 9.47.